The van der Waals surface area contributed by atoms with Gasteiger partial charge in [-0.15, -0.1) is 0 Å². The Morgan fingerprint density at radius 3 is 2.74 bits per heavy atom. The molecule has 8 nitrogen and oxygen atoms in total. The lowest BCUT2D eigenvalue weighted by Gasteiger charge is -2.23. The Morgan fingerprint density at radius 1 is 1.29 bits per heavy atom. The molecule has 0 radical (unpaired) electrons. The number of H-pyrrole nitrogens is 1. The van der Waals surface area contributed by atoms with Gasteiger partial charge in [0.15, 0.2) is 0 Å². The summed E-state index contributed by atoms with van der Waals surface area (Å²) in [6, 6.07) is 7.43. The highest BCUT2D eigenvalue weighted by Gasteiger charge is 2.21. The summed E-state index contributed by atoms with van der Waals surface area (Å²) in [5.74, 6) is 0.795. The number of pyridine rings is 1. The first-order valence-electron chi connectivity index (χ1n) is 12.0. The number of fused-ring (bicyclic) bond motifs is 1. The number of carboxylic acid groups (broad SMARTS) is 1. The van der Waals surface area contributed by atoms with Gasteiger partial charge in [0.05, 0.1) is 11.0 Å². The van der Waals surface area contributed by atoms with Gasteiger partial charge in [-0.25, -0.2) is 4.98 Å². The van der Waals surface area contributed by atoms with Crippen molar-refractivity contribution in [3.05, 3.63) is 51.9 Å². The fourth-order valence-corrected chi connectivity index (χ4v) is 4.59. The average molecular weight is 467 g/mol. The van der Waals surface area contributed by atoms with Crippen molar-refractivity contribution in [2.45, 2.75) is 59.2 Å². The molecule has 0 amide bonds. The van der Waals surface area contributed by atoms with Crippen LogP contribution < -0.4 is 10.9 Å². The van der Waals surface area contributed by atoms with E-state index in [-0.39, 0.29) is 5.56 Å². The molecular weight excluding hydrogens is 432 g/mol. The zero-order valence-electron chi connectivity index (χ0n) is 20.1. The minimum Gasteiger partial charge on any atom is -0.480 e. The van der Waals surface area contributed by atoms with E-state index in [9.17, 15) is 14.7 Å². The van der Waals surface area contributed by atoms with Gasteiger partial charge in [0.2, 0.25) is 0 Å². The normalized spacial score (nSPS) is 15.8. The van der Waals surface area contributed by atoms with Gasteiger partial charge in [-0.3, -0.25) is 9.59 Å². The summed E-state index contributed by atoms with van der Waals surface area (Å²) < 4.78 is 7.78. The first kappa shape index (κ1) is 24.2. The lowest BCUT2D eigenvalue weighted by atomic mass is 10.00. The van der Waals surface area contributed by atoms with Crippen LogP contribution in [0.5, 0.6) is 0 Å². The van der Waals surface area contributed by atoms with Gasteiger partial charge in [0.25, 0.3) is 5.56 Å². The fourth-order valence-electron chi connectivity index (χ4n) is 4.59. The van der Waals surface area contributed by atoms with E-state index in [0.29, 0.717) is 30.4 Å². The molecule has 0 aliphatic carbocycles. The number of aromatic nitrogens is 3. The molecule has 8 heteroatoms. The molecule has 34 heavy (non-hydrogen) atoms. The Hall–Kier alpha value is -2.97. The minimum absolute atomic E-state index is 0.0985. The van der Waals surface area contributed by atoms with Crippen molar-refractivity contribution in [1.82, 2.24) is 19.9 Å². The Balaban J connectivity index is 1.67. The van der Waals surface area contributed by atoms with Gasteiger partial charge in [0, 0.05) is 43.6 Å². The van der Waals surface area contributed by atoms with Crippen molar-refractivity contribution >= 4 is 17.0 Å². The van der Waals surface area contributed by atoms with Gasteiger partial charge >= 0.3 is 5.97 Å². The number of benzene rings is 1. The molecule has 1 aliphatic rings. The number of hydrogen-bond acceptors (Lipinski definition) is 5. The second-order valence-corrected chi connectivity index (χ2v) is 9.73. The lowest BCUT2D eigenvalue weighted by molar-refractivity contribution is -0.140. The molecule has 182 valence electrons. The number of imidazole rings is 1. The summed E-state index contributed by atoms with van der Waals surface area (Å²) in [4.78, 5) is 31.3. The molecular formula is C26H34N4O4. The summed E-state index contributed by atoms with van der Waals surface area (Å²) in [6.07, 6.45) is 4.33. The first-order chi connectivity index (χ1) is 16.3. The van der Waals surface area contributed by atoms with Crippen molar-refractivity contribution in [1.29, 1.82) is 0 Å². The van der Waals surface area contributed by atoms with E-state index in [4.69, 9.17) is 9.72 Å². The number of aryl methyl sites for hydroxylation is 1. The van der Waals surface area contributed by atoms with Gasteiger partial charge < -0.3 is 24.7 Å². The highest BCUT2D eigenvalue weighted by molar-refractivity contribution is 5.81. The van der Waals surface area contributed by atoms with Crippen LogP contribution in [0.2, 0.25) is 0 Å². The largest absolute Gasteiger partial charge is 0.480 e. The summed E-state index contributed by atoms with van der Waals surface area (Å²) >= 11 is 0. The van der Waals surface area contributed by atoms with Crippen LogP contribution in [-0.2, 0) is 22.6 Å². The van der Waals surface area contributed by atoms with Crippen LogP contribution in [0.3, 0.4) is 0 Å². The Kier molecular flexibility index (Phi) is 7.48. The van der Waals surface area contributed by atoms with Crippen molar-refractivity contribution in [2.75, 3.05) is 13.2 Å². The number of carbonyl (C=O) groups is 1. The van der Waals surface area contributed by atoms with Crippen molar-refractivity contribution in [3.8, 4) is 11.4 Å². The molecule has 4 rings (SSSR count). The molecule has 0 bridgehead atoms. The molecule has 1 fully saturated rings. The maximum absolute atomic E-state index is 11.9. The maximum Gasteiger partial charge on any atom is 0.320 e. The Bertz CT molecular complexity index is 1210. The molecule has 3 heterocycles. The first-order valence-corrected chi connectivity index (χ1v) is 12.0. The van der Waals surface area contributed by atoms with E-state index in [2.05, 4.69) is 20.9 Å². The smallest absolute Gasteiger partial charge is 0.320 e. The molecule has 3 aromatic rings. The highest BCUT2D eigenvalue weighted by Crippen LogP contribution is 2.28. The molecule has 1 aliphatic heterocycles. The summed E-state index contributed by atoms with van der Waals surface area (Å²) in [6.45, 7) is 8.69. The number of hydrogen-bond donors (Lipinski definition) is 3. The van der Waals surface area contributed by atoms with Crippen molar-refractivity contribution in [3.63, 3.8) is 0 Å². The van der Waals surface area contributed by atoms with Crippen molar-refractivity contribution < 1.29 is 14.6 Å². The van der Waals surface area contributed by atoms with Crippen molar-refractivity contribution in [2.24, 2.45) is 11.8 Å². The number of nitrogens with zero attached hydrogens (tertiary/aromatic N) is 2. The number of aromatic amines is 1. The van der Waals surface area contributed by atoms with Crippen LogP contribution >= 0.6 is 0 Å². The summed E-state index contributed by atoms with van der Waals surface area (Å²) in [5.41, 5.74) is 4.31. The van der Waals surface area contributed by atoms with Crippen LogP contribution in [0, 0.1) is 18.8 Å². The van der Waals surface area contributed by atoms with E-state index in [1.165, 1.54) is 0 Å². The van der Waals surface area contributed by atoms with Gasteiger partial charge in [-0.05, 0) is 61.8 Å². The molecule has 2 aromatic heterocycles. The topological polar surface area (TPSA) is 109 Å². The quantitative estimate of drug-likeness (QED) is 0.444. The van der Waals surface area contributed by atoms with Gasteiger partial charge in [-0.2, -0.15) is 0 Å². The fraction of sp³-hybridized carbons (Fsp3) is 0.500. The number of rotatable bonds is 9. The van der Waals surface area contributed by atoms with E-state index in [1.54, 1.807) is 13.1 Å². The number of ether oxygens (including phenoxy) is 1. The summed E-state index contributed by atoms with van der Waals surface area (Å²) in [5, 5.41) is 12.7. The van der Waals surface area contributed by atoms with Crippen LogP contribution in [0.1, 0.15) is 44.2 Å². The third kappa shape index (κ3) is 5.56. The lowest BCUT2D eigenvalue weighted by Crippen LogP contribution is -2.37. The molecule has 3 N–H and O–H groups in total. The SMILES string of the molecule is Cc1cc(-c2nc3cc(CNC(CC(C)C)C(=O)O)ccc3n2CC2CCOCC2)c[nH]c1=O. The van der Waals surface area contributed by atoms with E-state index >= 15 is 0 Å². The molecule has 1 unspecified atom stereocenters. The molecule has 0 saturated carbocycles. The monoisotopic (exact) mass is 466 g/mol. The zero-order valence-corrected chi connectivity index (χ0v) is 20.1. The van der Waals surface area contributed by atoms with Gasteiger partial charge in [-0.1, -0.05) is 19.9 Å². The van der Waals surface area contributed by atoms with E-state index < -0.39 is 12.0 Å². The third-order valence-electron chi connectivity index (χ3n) is 6.50. The van der Waals surface area contributed by atoms with E-state index in [0.717, 1.165) is 60.6 Å². The molecule has 1 aromatic carbocycles. The Morgan fingerprint density at radius 2 is 2.06 bits per heavy atom. The second kappa shape index (κ2) is 10.5. The van der Waals surface area contributed by atoms with Crippen LogP contribution in [0.25, 0.3) is 22.4 Å². The predicted molar refractivity (Wildman–Crippen MR) is 132 cm³/mol. The predicted octanol–water partition coefficient (Wildman–Crippen LogP) is 3.72. The number of nitrogens with one attached hydrogen (secondary N) is 2. The van der Waals surface area contributed by atoms with Gasteiger partial charge in [0.1, 0.15) is 11.9 Å². The zero-order chi connectivity index (χ0) is 24.2. The van der Waals surface area contributed by atoms with Crippen LogP contribution in [-0.4, -0.2) is 44.9 Å². The molecule has 0 spiro atoms. The standard InChI is InChI=1S/C26H34N4O4/c1-16(2)10-22(26(32)33)27-13-19-4-5-23-21(12-19)29-24(20-11-17(3)25(31)28-14-20)30(23)15-18-6-8-34-9-7-18/h4-5,11-12,14,16,18,22,27H,6-10,13,15H2,1-3H3,(H,28,31)(H,32,33). The Labute approximate surface area is 199 Å². The van der Waals surface area contributed by atoms with Crippen LogP contribution in [0.15, 0.2) is 35.3 Å². The minimum atomic E-state index is -0.828. The van der Waals surface area contributed by atoms with Crippen LogP contribution in [0.4, 0.5) is 0 Å². The number of aliphatic carboxylic acids is 1. The molecule has 1 saturated heterocycles. The van der Waals surface area contributed by atoms with E-state index in [1.807, 2.05) is 32.0 Å². The third-order valence-corrected chi connectivity index (χ3v) is 6.50. The maximum atomic E-state index is 11.9. The summed E-state index contributed by atoms with van der Waals surface area (Å²) in [7, 11) is 0. The number of carboxylic acids is 1. The molecule has 1 atom stereocenters. The highest BCUT2D eigenvalue weighted by atomic mass is 16.5. The second-order valence-electron chi connectivity index (χ2n) is 9.73. The average Bonchev–Trinajstić information content (AvgIpc) is 3.16.